The molecule has 0 saturated carbocycles. The van der Waals surface area contributed by atoms with Crippen LogP contribution >= 0.6 is 0 Å². The van der Waals surface area contributed by atoms with Crippen LogP contribution in [0.3, 0.4) is 0 Å². The summed E-state index contributed by atoms with van der Waals surface area (Å²) < 4.78 is 40.1. The van der Waals surface area contributed by atoms with E-state index in [4.69, 9.17) is 37.6 Å². The summed E-state index contributed by atoms with van der Waals surface area (Å²) in [5, 5.41) is 8.20. The molecule has 0 N–H and O–H groups in total. The molecular formula is C64H28N10O4. The summed E-state index contributed by atoms with van der Waals surface area (Å²) in [6.45, 7) is 0. The fourth-order valence-electron chi connectivity index (χ4n) is 14.2. The monoisotopic (exact) mass is 1000 g/mol. The van der Waals surface area contributed by atoms with Gasteiger partial charge in [0.25, 0.3) is 0 Å². The van der Waals surface area contributed by atoms with Crippen molar-refractivity contribution in [2.75, 3.05) is 0 Å². The molecule has 0 unspecified atom stereocenters. The Morgan fingerprint density at radius 1 is 0.269 bits per heavy atom. The predicted octanol–water partition coefficient (Wildman–Crippen LogP) is 15.8. The van der Waals surface area contributed by atoms with Crippen LogP contribution in [0.5, 0.6) is 0 Å². The number of fused-ring (bicyclic) bond motifs is 35. The highest BCUT2D eigenvalue weighted by Crippen LogP contribution is 2.47. The SMILES string of the molecule is c1ccc2c(c1)oc1cc3c(cc12)nc1n3c2cccc3c2n1c1nc2ccc4oc5ccc(-c6cc7nc8n(c9cccc%10c9n8c8nc9ccc%11oc%12ccccc%12c%11c9n%108)c7c7c6oc6ccccc67)cc5c4c2n31. The van der Waals surface area contributed by atoms with Crippen LogP contribution in [0.2, 0.25) is 0 Å². The molecule has 78 heavy (non-hydrogen) atoms. The van der Waals surface area contributed by atoms with E-state index in [2.05, 4.69) is 148 Å². The molecule has 0 spiro atoms. The van der Waals surface area contributed by atoms with Crippen LogP contribution in [-0.4, -0.2) is 46.3 Å². The minimum Gasteiger partial charge on any atom is -0.456 e. The minimum atomic E-state index is 0.775. The van der Waals surface area contributed by atoms with Crippen LogP contribution in [0.4, 0.5) is 0 Å². The molecule has 0 aliphatic heterocycles. The first-order chi connectivity index (χ1) is 38.7. The number of aromatic nitrogens is 10. The van der Waals surface area contributed by atoms with E-state index in [0.717, 1.165) is 199 Å². The maximum absolute atomic E-state index is 7.01. The largest absolute Gasteiger partial charge is 0.456 e. The first-order valence-electron chi connectivity index (χ1n) is 26.0. The van der Waals surface area contributed by atoms with Crippen molar-refractivity contribution in [1.29, 1.82) is 0 Å². The number of imidazole rings is 8. The van der Waals surface area contributed by atoms with Crippen molar-refractivity contribution >= 4 is 188 Å². The highest BCUT2D eigenvalue weighted by Gasteiger charge is 2.30. The molecule has 0 saturated heterocycles. The number of nitrogens with zero attached hydrogens (tertiary/aromatic N) is 10. The number of furan rings is 4. The molecule has 14 nitrogen and oxygen atoms in total. The number of rotatable bonds is 1. The van der Waals surface area contributed by atoms with Gasteiger partial charge in [0.2, 0.25) is 23.1 Å². The van der Waals surface area contributed by atoms with Gasteiger partial charge in [-0.2, -0.15) is 0 Å². The van der Waals surface area contributed by atoms with Crippen molar-refractivity contribution in [3.8, 4) is 11.1 Å². The first-order valence-corrected chi connectivity index (χ1v) is 26.0. The van der Waals surface area contributed by atoms with Gasteiger partial charge in [-0.3, -0.25) is 17.6 Å². The second-order valence-electron chi connectivity index (χ2n) is 21.0. The van der Waals surface area contributed by atoms with Crippen LogP contribution in [0.15, 0.2) is 188 Å². The zero-order valence-electron chi connectivity index (χ0n) is 40.3. The van der Waals surface area contributed by atoms with Gasteiger partial charge in [0, 0.05) is 38.6 Å². The minimum absolute atomic E-state index is 0.775. The van der Waals surface area contributed by atoms with E-state index in [0.29, 0.717) is 0 Å². The van der Waals surface area contributed by atoms with Crippen LogP contribution in [0.25, 0.3) is 199 Å². The fraction of sp³-hybridized carbons (Fsp3) is 0. The zero-order chi connectivity index (χ0) is 49.7. The Balaban J connectivity index is 0.807. The van der Waals surface area contributed by atoms with E-state index in [9.17, 15) is 0 Å². The molecule has 0 aliphatic carbocycles. The maximum atomic E-state index is 7.01. The van der Waals surface area contributed by atoms with Crippen LogP contribution < -0.4 is 0 Å². The number of hydrogen-bond donors (Lipinski definition) is 0. The van der Waals surface area contributed by atoms with E-state index in [1.54, 1.807) is 0 Å². The van der Waals surface area contributed by atoms with Gasteiger partial charge in [-0.25, -0.2) is 28.7 Å². The Bertz CT molecular complexity index is 6580. The van der Waals surface area contributed by atoms with Gasteiger partial charge >= 0.3 is 0 Å². The second-order valence-corrected chi connectivity index (χ2v) is 21.0. The Labute approximate surface area is 431 Å². The lowest BCUT2D eigenvalue weighted by molar-refractivity contribution is 0.668. The molecule has 0 aliphatic rings. The number of para-hydroxylation sites is 5. The van der Waals surface area contributed by atoms with Crippen molar-refractivity contribution < 1.29 is 17.7 Å². The normalized spacial score (nSPS) is 13.4. The van der Waals surface area contributed by atoms with Gasteiger partial charge in [0.15, 0.2) is 0 Å². The van der Waals surface area contributed by atoms with Gasteiger partial charge < -0.3 is 17.7 Å². The molecule has 12 aromatic heterocycles. The van der Waals surface area contributed by atoms with Crippen molar-refractivity contribution in [1.82, 2.24) is 46.3 Å². The standard InChI is InChI=1S/C64H28N10O4/c1-4-16-45-30(9-1)34-27-38-44(28-51(34)77-45)69-40-12-7-13-41-58(40)73(61(69)67-38)62-66-37-21-24-50-53(56(37)71(41)62)35-25-29(19-22-48(35)76-50)33-26-39-57(54-32-11-3-6-18-47(32)78-60(33)54)72-43-15-8-14-42-59(43)74(64(72)68-39)63-65-36-20-23-49-52(55(36)70(42)63)31-10-2-5-17-46(31)75-49/h1-28H. The summed E-state index contributed by atoms with van der Waals surface area (Å²) in [6, 6.07) is 58.8. The van der Waals surface area contributed by atoms with E-state index in [1.165, 1.54) is 0 Å². The van der Waals surface area contributed by atoms with Gasteiger partial charge in [-0.1, -0.05) is 72.8 Å². The lowest BCUT2D eigenvalue weighted by atomic mass is 9.99. The van der Waals surface area contributed by atoms with Gasteiger partial charge in [0.05, 0.1) is 82.4 Å². The highest BCUT2D eigenvalue weighted by molar-refractivity contribution is 6.25. The summed E-state index contributed by atoms with van der Waals surface area (Å²) >= 11 is 0. The molecule has 358 valence electrons. The summed E-state index contributed by atoms with van der Waals surface area (Å²) in [5.41, 5.74) is 22.1. The molecule has 0 bridgehead atoms. The van der Waals surface area contributed by atoms with Crippen molar-refractivity contribution in [3.05, 3.63) is 170 Å². The molecule has 0 atom stereocenters. The van der Waals surface area contributed by atoms with Crippen LogP contribution in [0, 0.1) is 0 Å². The Morgan fingerprint density at radius 2 is 0.756 bits per heavy atom. The lowest BCUT2D eigenvalue weighted by Crippen LogP contribution is -1.88. The smallest absolute Gasteiger partial charge is 0.223 e. The Kier molecular flexibility index (Phi) is 5.87. The summed E-state index contributed by atoms with van der Waals surface area (Å²) in [7, 11) is 0. The van der Waals surface area contributed by atoms with E-state index in [-0.39, 0.29) is 0 Å². The third kappa shape index (κ3) is 4.01. The van der Waals surface area contributed by atoms with Gasteiger partial charge in [-0.15, -0.1) is 0 Å². The Morgan fingerprint density at radius 3 is 1.42 bits per heavy atom. The molecule has 12 heterocycles. The second kappa shape index (κ2) is 12.2. The number of benzene rings is 10. The molecule has 22 aromatic rings. The van der Waals surface area contributed by atoms with Gasteiger partial charge in [0.1, 0.15) is 55.7 Å². The predicted molar refractivity (Wildman–Crippen MR) is 305 cm³/mol. The van der Waals surface area contributed by atoms with E-state index >= 15 is 0 Å². The zero-order valence-corrected chi connectivity index (χ0v) is 40.3. The molecule has 0 amide bonds. The molecule has 14 heteroatoms. The van der Waals surface area contributed by atoms with Crippen molar-refractivity contribution in [3.63, 3.8) is 0 Å². The fourth-order valence-corrected chi connectivity index (χ4v) is 14.2. The van der Waals surface area contributed by atoms with Crippen molar-refractivity contribution in [2.24, 2.45) is 0 Å². The molecule has 10 aromatic carbocycles. The van der Waals surface area contributed by atoms with Crippen LogP contribution in [0.1, 0.15) is 0 Å². The number of hydrogen-bond acceptors (Lipinski definition) is 8. The summed E-state index contributed by atoms with van der Waals surface area (Å²) in [5.74, 6) is 3.14. The first kappa shape index (κ1) is 37.6. The summed E-state index contributed by atoms with van der Waals surface area (Å²) in [4.78, 5) is 21.7. The maximum Gasteiger partial charge on any atom is 0.223 e. The third-order valence-corrected chi connectivity index (χ3v) is 17.3. The molecular weight excluding hydrogens is 973 g/mol. The quantitative estimate of drug-likeness (QED) is 0.159. The van der Waals surface area contributed by atoms with E-state index < -0.39 is 0 Å². The van der Waals surface area contributed by atoms with Gasteiger partial charge in [-0.05, 0) is 96.6 Å². The Hall–Kier alpha value is -11.1. The summed E-state index contributed by atoms with van der Waals surface area (Å²) in [6.07, 6.45) is 0. The molecule has 0 fully saturated rings. The van der Waals surface area contributed by atoms with E-state index in [1.807, 2.05) is 48.5 Å². The van der Waals surface area contributed by atoms with Crippen molar-refractivity contribution in [2.45, 2.75) is 0 Å². The average Bonchev–Trinajstić information content (AvgIpc) is 3.48. The highest BCUT2D eigenvalue weighted by atomic mass is 16.3. The molecule has 0 radical (unpaired) electrons. The lowest BCUT2D eigenvalue weighted by Gasteiger charge is -2.06. The molecule has 22 rings (SSSR count). The van der Waals surface area contributed by atoms with Crippen LogP contribution in [-0.2, 0) is 0 Å². The average molecular weight is 1000 g/mol. The topological polar surface area (TPSA) is 131 Å². The third-order valence-electron chi connectivity index (χ3n) is 17.3.